The first-order valence-corrected chi connectivity index (χ1v) is 6.57. The predicted octanol–water partition coefficient (Wildman–Crippen LogP) is 3.45. The lowest BCUT2D eigenvalue weighted by Crippen LogP contribution is -2.07. The standard InChI is InChI=1S/C13H15BrN2/c1-11(10-14)9-13-7-8-15-16(13)12-5-3-2-4-6-12/h2-8,11H,9-10H2,1H3. The number of para-hydroxylation sites is 1. The number of nitrogens with zero attached hydrogens (tertiary/aromatic N) is 2. The minimum absolute atomic E-state index is 0.624. The van der Waals surface area contributed by atoms with E-state index in [1.807, 2.05) is 29.1 Å². The molecule has 0 aliphatic heterocycles. The summed E-state index contributed by atoms with van der Waals surface area (Å²) in [5, 5.41) is 5.40. The third-order valence-corrected chi connectivity index (χ3v) is 3.65. The maximum atomic E-state index is 4.38. The molecule has 0 spiro atoms. The normalized spacial score (nSPS) is 12.6. The van der Waals surface area contributed by atoms with Crippen LogP contribution in [0.1, 0.15) is 12.6 Å². The summed E-state index contributed by atoms with van der Waals surface area (Å²) in [6.07, 6.45) is 2.91. The van der Waals surface area contributed by atoms with Gasteiger partial charge in [0, 0.05) is 17.2 Å². The van der Waals surface area contributed by atoms with Crippen LogP contribution in [-0.2, 0) is 6.42 Å². The third-order valence-electron chi connectivity index (χ3n) is 2.54. The van der Waals surface area contributed by atoms with Crippen molar-refractivity contribution in [1.29, 1.82) is 0 Å². The van der Waals surface area contributed by atoms with E-state index in [9.17, 15) is 0 Å². The number of alkyl halides is 1. The quantitative estimate of drug-likeness (QED) is 0.784. The Hall–Kier alpha value is -1.09. The van der Waals surface area contributed by atoms with Crippen molar-refractivity contribution in [3.63, 3.8) is 0 Å². The molecular weight excluding hydrogens is 264 g/mol. The molecule has 0 aliphatic rings. The number of aromatic nitrogens is 2. The largest absolute Gasteiger partial charge is 0.238 e. The van der Waals surface area contributed by atoms with Gasteiger partial charge in [-0.3, -0.25) is 0 Å². The molecule has 1 aromatic heterocycles. The number of benzene rings is 1. The molecule has 3 heteroatoms. The van der Waals surface area contributed by atoms with E-state index >= 15 is 0 Å². The van der Waals surface area contributed by atoms with Crippen LogP contribution in [0.25, 0.3) is 5.69 Å². The number of halogens is 1. The third kappa shape index (κ3) is 2.53. The summed E-state index contributed by atoms with van der Waals surface area (Å²) in [6.45, 7) is 2.23. The van der Waals surface area contributed by atoms with Crippen molar-refractivity contribution in [2.45, 2.75) is 13.3 Å². The van der Waals surface area contributed by atoms with Gasteiger partial charge in [0.05, 0.1) is 5.69 Å². The zero-order chi connectivity index (χ0) is 11.4. The molecule has 0 amide bonds. The van der Waals surface area contributed by atoms with Crippen LogP contribution in [0.15, 0.2) is 42.6 Å². The van der Waals surface area contributed by atoms with Gasteiger partial charge in [-0.05, 0) is 30.5 Å². The highest BCUT2D eigenvalue weighted by molar-refractivity contribution is 9.09. The Kier molecular flexibility index (Phi) is 3.78. The van der Waals surface area contributed by atoms with E-state index in [-0.39, 0.29) is 0 Å². The molecule has 0 saturated carbocycles. The molecule has 2 rings (SSSR count). The van der Waals surface area contributed by atoms with Crippen molar-refractivity contribution in [1.82, 2.24) is 9.78 Å². The molecule has 2 nitrogen and oxygen atoms in total. The second kappa shape index (κ2) is 5.30. The molecular formula is C13H15BrN2. The van der Waals surface area contributed by atoms with Crippen LogP contribution in [0.4, 0.5) is 0 Å². The minimum Gasteiger partial charge on any atom is -0.238 e. The summed E-state index contributed by atoms with van der Waals surface area (Å²) in [5.74, 6) is 0.624. The fourth-order valence-electron chi connectivity index (χ4n) is 1.70. The van der Waals surface area contributed by atoms with Crippen molar-refractivity contribution < 1.29 is 0 Å². The summed E-state index contributed by atoms with van der Waals surface area (Å²) >= 11 is 3.51. The Labute approximate surface area is 104 Å². The molecule has 1 aromatic carbocycles. The maximum absolute atomic E-state index is 4.38. The highest BCUT2D eigenvalue weighted by atomic mass is 79.9. The molecule has 1 heterocycles. The summed E-state index contributed by atoms with van der Waals surface area (Å²) in [7, 11) is 0. The van der Waals surface area contributed by atoms with Gasteiger partial charge in [0.15, 0.2) is 0 Å². The first-order valence-electron chi connectivity index (χ1n) is 5.45. The topological polar surface area (TPSA) is 17.8 Å². The fourth-order valence-corrected chi connectivity index (χ4v) is 1.93. The van der Waals surface area contributed by atoms with Gasteiger partial charge in [0.25, 0.3) is 0 Å². The number of hydrogen-bond donors (Lipinski definition) is 0. The summed E-state index contributed by atoms with van der Waals surface area (Å²) in [4.78, 5) is 0. The number of hydrogen-bond acceptors (Lipinski definition) is 1. The van der Waals surface area contributed by atoms with E-state index in [4.69, 9.17) is 0 Å². The Bertz CT molecular complexity index is 436. The zero-order valence-electron chi connectivity index (χ0n) is 9.31. The van der Waals surface area contributed by atoms with Crippen LogP contribution in [-0.4, -0.2) is 15.1 Å². The lowest BCUT2D eigenvalue weighted by molar-refractivity contribution is 0.629. The van der Waals surface area contributed by atoms with Crippen molar-refractivity contribution in [3.8, 4) is 5.69 Å². The first kappa shape index (κ1) is 11.4. The van der Waals surface area contributed by atoms with Gasteiger partial charge < -0.3 is 0 Å². The Morgan fingerprint density at radius 2 is 2.00 bits per heavy atom. The average Bonchev–Trinajstić information content (AvgIpc) is 2.78. The minimum atomic E-state index is 0.624. The number of rotatable bonds is 4. The average molecular weight is 279 g/mol. The molecule has 0 bridgehead atoms. The molecule has 1 atom stereocenters. The molecule has 2 aromatic rings. The van der Waals surface area contributed by atoms with E-state index in [1.54, 1.807) is 0 Å². The van der Waals surface area contributed by atoms with Crippen LogP contribution in [0, 0.1) is 5.92 Å². The van der Waals surface area contributed by atoms with Crippen LogP contribution in [0.3, 0.4) is 0 Å². The SMILES string of the molecule is CC(CBr)Cc1ccnn1-c1ccccc1. The Balaban J connectivity index is 2.26. The summed E-state index contributed by atoms with van der Waals surface area (Å²) in [6, 6.07) is 12.3. The van der Waals surface area contributed by atoms with Gasteiger partial charge in [-0.1, -0.05) is 41.1 Å². The molecule has 16 heavy (non-hydrogen) atoms. The summed E-state index contributed by atoms with van der Waals surface area (Å²) < 4.78 is 2.01. The van der Waals surface area contributed by atoms with E-state index in [2.05, 4.69) is 46.2 Å². The second-order valence-electron chi connectivity index (χ2n) is 4.03. The lowest BCUT2D eigenvalue weighted by Gasteiger charge is -2.10. The molecule has 0 saturated heterocycles. The van der Waals surface area contributed by atoms with Gasteiger partial charge in [0.1, 0.15) is 0 Å². The molecule has 0 N–H and O–H groups in total. The first-order chi connectivity index (χ1) is 7.81. The van der Waals surface area contributed by atoms with Crippen LogP contribution < -0.4 is 0 Å². The van der Waals surface area contributed by atoms with Crippen LogP contribution in [0.2, 0.25) is 0 Å². The Morgan fingerprint density at radius 1 is 1.25 bits per heavy atom. The molecule has 1 unspecified atom stereocenters. The van der Waals surface area contributed by atoms with Crippen LogP contribution in [0.5, 0.6) is 0 Å². The van der Waals surface area contributed by atoms with E-state index in [0.717, 1.165) is 17.4 Å². The molecule has 0 aliphatic carbocycles. The fraction of sp³-hybridized carbons (Fsp3) is 0.308. The molecule has 84 valence electrons. The highest BCUT2D eigenvalue weighted by Crippen LogP contribution is 2.14. The van der Waals surface area contributed by atoms with Gasteiger partial charge in [-0.15, -0.1) is 0 Å². The van der Waals surface area contributed by atoms with E-state index < -0.39 is 0 Å². The lowest BCUT2D eigenvalue weighted by atomic mass is 10.1. The van der Waals surface area contributed by atoms with Crippen LogP contribution >= 0.6 is 15.9 Å². The van der Waals surface area contributed by atoms with Gasteiger partial charge in [0.2, 0.25) is 0 Å². The smallest absolute Gasteiger partial charge is 0.0648 e. The van der Waals surface area contributed by atoms with Crippen molar-refractivity contribution in [2.75, 3.05) is 5.33 Å². The predicted molar refractivity (Wildman–Crippen MR) is 70.2 cm³/mol. The molecule has 0 radical (unpaired) electrons. The van der Waals surface area contributed by atoms with Gasteiger partial charge in [-0.2, -0.15) is 5.10 Å². The van der Waals surface area contributed by atoms with Crippen molar-refractivity contribution in [2.24, 2.45) is 5.92 Å². The second-order valence-corrected chi connectivity index (χ2v) is 4.68. The molecule has 0 fully saturated rings. The Morgan fingerprint density at radius 3 is 2.69 bits per heavy atom. The maximum Gasteiger partial charge on any atom is 0.0648 e. The van der Waals surface area contributed by atoms with Crippen molar-refractivity contribution in [3.05, 3.63) is 48.3 Å². The zero-order valence-corrected chi connectivity index (χ0v) is 10.9. The van der Waals surface area contributed by atoms with Gasteiger partial charge in [-0.25, -0.2) is 4.68 Å². The highest BCUT2D eigenvalue weighted by Gasteiger charge is 2.08. The monoisotopic (exact) mass is 278 g/mol. The van der Waals surface area contributed by atoms with Gasteiger partial charge >= 0.3 is 0 Å². The van der Waals surface area contributed by atoms with E-state index in [0.29, 0.717) is 5.92 Å². The van der Waals surface area contributed by atoms with Crippen molar-refractivity contribution >= 4 is 15.9 Å². The summed E-state index contributed by atoms with van der Waals surface area (Å²) in [5.41, 5.74) is 2.39. The van der Waals surface area contributed by atoms with E-state index in [1.165, 1.54) is 5.69 Å².